The van der Waals surface area contributed by atoms with Crippen LogP contribution in [-0.4, -0.2) is 4.57 Å². The first-order valence-corrected chi connectivity index (χ1v) is 6.45. The molecule has 98 valence electrons. The first-order valence-electron chi connectivity index (χ1n) is 6.45. The summed E-state index contributed by atoms with van der Waals surface area (Å²) in [6.45, 7) is 8.26. The summed E-state index contributed by atoms with van der Waals surface area (Å²) in [7, 11) is 0. The van der Waals surface area contributed by atoms with Gasteiger partial charge in [-0.1, -0.05) is 26.0 Å². The number of nitrogens with zero attached hydrogens (tertiary/aromatic N) is 2. The molecule has 2 N–H and O–H groups in total. The van der Waals surface area contributed by atoms with Crippen molar-refractivity contribution in [2.75, 3.05) is 5.73 Å². The Hall–Kier alpha value is -2.21. The van der Waals surface area contributed by atoms with Crippen LogP contribution in [0.15, 0.2) is 24.3 Å². The van der Waals surface area contributed by atoms with Crippen LogP contribution in [0.25, 0.3) is 5.69 Å². The first kappa shape index (κ1) is 13.2. The largest absolute Gasteiger partial charge is 0.384 e. The Morgan fingerprint density at radius 1 is 1.26 bits per heavy atom. The summed E-state index contributed by atoms with van der Waals surface area (Å²) >= 11 is 0. The van der Waals surface area contributed by atoms with Crippen molar-refractivity contribution >= 4 is 5.82 Å². The van der Waals surface area contributed by atoms with Crippen LogP contribution in [0.5, 0.6) is 0 Å². The molecule has 0 aliphatic rings. The molecule has 1 aromatic carbocycles. The van der Waals surface area contributed by atoms with Crippen molar-refractivity contribution in [2.24, 2.45) is 0 Å². The Bertz CT molecular complexity index is 657. The van der Waals surface area contributed by atoms with Crippen LogP contribution in [0, 0.1) is 25.2 Å². The predicted octanol–water partition coefficient (Wildman–Crippen LogP) is 3.67. The van der Waals surface area contributed by atoms with Gasteiger partial charge in [0, 0.05) is 11.4 Å². The number of nitrogens with two attached hydrogens (primary N) is 1. The molecule has 0 unspecified atom stereocenters. The van der Waals surface area contributed by atoms with Gasteiger partial charge in [0.05, 0.1) is 5.56 Å². The van der Waals surface area contributed by atoms with Crippen molar-refractivity contribution < 1.29 is 0 Å². The van der Waals surface area contributed by atoms with E-state index in [1.807, 2.05) is 30.5 Å². The zero-order valence-electron chi connectivity index (χ0n) is 11.9. The number of nitriles is 1. The van der Waals surface area contributed by atoms with Crippen LogP contribution in [0.4, 0.5) is 5.82 Å². The maximum atomic E-state index is 9.18. The Labute approximate surface area is 114 Å². The van der Waals surface area contributed by atoms with E-state index in [0.717, 1.165) is 16.9 Å². The molecule has 2 aromatic rings. The highest BCUT2D eigenvalue weighted by molar-refractivity contribution is 5.62. The molecule has 0 saturated carbocycles. The number of nitrogen functional groups attached to an aromatic ring is 1. The van der Waals surface area contributed by atoms with Crippen molar-refractivity contribution in [2.45, 2.75) is 33.6 Å². The van der Waals surface area contributed by atoms with Crippen molar-refractivity contribution in [1.82, 2.24) is 4.57 Å². The summed E-state index contributed by atoms with van der Waals surface area (Å²) in [4.78, 5) is 0. The summed E-state index contributed by atoms with van der Waals surface area (Å²) in [6, 6.07) is 10.5. The molecular formula is C16H19N3. The van der Waals surface area contributed by atoms with Crippen LogP contribution in [0.1, 0.15) is 42.1 Å². The van der Waals surface area contributed by atoms with Crippen LogP contribution in [0.2, 0.25) is 0 Å². The summed E-state index contributed by atoms with van der Waals surface area (Å²) in [5.41, 5.74) is 11.0. The number of anilines is 1. The van der Waals surface area contributed by atoms with Crippen LogP contribution >= 0.6 is 0 Å². The monoisotopic (exact) mass is 253 g/mol. The highest BCUT2D eigenvalue weighted by Crippen LogP contribution is 2.28. The summed E-state index contributed by atoms with van der Waals surface area (Å²) < 4.78 is 1.96. The van der Waals surface area contributed by atoms with E-state index in [-0.39, 0.29) is 0 Å². The van der Waals surface area contributed by atoms with Gasteiger partial charge in [-0.2, -0.15) is 5.26 Å². The first-order chi connectivity index (χ1) is 8.97. The van der Waals surface area contributed by atoms with E-state index in [9.17, 15) is 5.26 Å². The molecule has 0 atom stereocenters. The van der Waals surface area contributed by atoms with E-state index in [0.29, 0.717) is 17.3 Å². The third kappa shape index (κ3) is 2.10. The minimum absolute atomic E-state index is 0.466. The molecule has 2 rings (SSSR count). The Balaban J connectivity index is 2.67. The molecule has 0 aliphatic heterocycles. The highest BCUT2D eigenvalue weighted by atomic mass is 15.1. The molecule has 0 radical (unpaired) electrons. The summed E-state index contributed by atoms with van der Waals surface area (Å²) in [5.74, 6) is 0.993. The molecule has 0 amide bonds. The Morgan fingerprint density at radius 3 is 2.47 bits per heavy atom. The van der Waals surface area contributed by atoms with Crippen molar-refractivity contribution in [3.63, 3.8) is 0 Å². The van der Waals surface area contributed by atoms with Gasteiger partial charge in [0.1, 0.15) is 11.9 Å². The second-order valence-corrected chi connectivity index (χ2v) is 5.17. The number of hydrogen-bond donors (Lipinski definition) is 1. The van der Waals surface area contributed by atoms with Crippen LogP contribution in [0.3, 0.4) is 0 Å². The maximum Gasteiger partial charge on any atom is 0.126 e. The zero-order valence-corrected chi connectivity index (χ0v) is 11.9. The molecule has 1 aromatic heterocycles. The molecule has 3 heteroatoms. The second-order valence-electron chi connectivity index (χ2n) is 5.17. The SMILES string of the molecule is Cc1c(C#N)c(N)n(-c2cccc(C(C)C)c2)c1C. The van der Waals surface area contributed by atoms with Crippen LogP contribution in [-0.2, 0) is 0 Å². The van der Waals surface area contributed by atoms with E-state index in [1.165, 1.54) is 5.56 Å². The molecule has 3 nitrogen and oxygen atoms in total. The third-order valence-electron chi connectivity index (χ3n) is 3.66. The number of hydrogen-bond acceptors (Lipinski definition) is 2. The fraction of sp³-hybridized carbons (Fsp3) is 0.312. The number of aromatic nitrogens is 1. The van der Waals surface area contributed by atoms with E-state index in [4.69, 9.17) is 5.73 Å². The van der Waals surface area contributed by atoms with E-state index in [1.54, 1.807) is 0 Å². The topological polar surface area (TPSA) is 54.7 Å². The van der Waals surface area contributed by atoms with E-state index >= 15 is 0 Å². The van der Waals surface area contributed by atoms with Gasteiger partial charge < -0.3 is 5.73 Å². The van der Waals surface area contributed by atoms with Gasteiger partial charge in [0.2, 0.25) is 0 Å². The minimum Gasteiger partial charge on any atom is -0.384 e. The smallest absolute Gasteiger partial charge is 0.126 e. The predicted molar refractivity (Wildman–Crippen MR) is 78.5 cm³/mol. The Morgan fingerprint density at radius 2 is 1.95 bits per heavy atom. The average molecular weight is 253 g/mol. The van der Waals surface area contributed by atoms with Gasteiger partial charge >= 0.3 is 0 Å². The lowest BCUT2D eigenvalue weighted by Gasteiger charge is -2.12. The lowest BCUT2D eigenvalue weighted by molar-refractivity contribution is 0.862. The van der Waals surface area contributed by atoms with Gasteiger partial charge in [-0.3, -0.25) is 4.57 Å². The highest BCUT2D eigenvalue weighted by Gasteiger charge is 2.16. The number of rotatable bonds is 2. The van der Waals surface area contributed by atoms with Crippen molar-refractivity contribution in [3.8, 4) is 11.8 Å². The van der Waals surface area contributed by atoms with Crippen LogP contribution < -0.4 is 5.73 Å². The van der Waals surface area contributed by atoms with Gasteiger partial charge in [-0.15, -0.1) is 0 Å². The molecular weight excluding hydrogens is 234 g/mol. The zero-order chi connectivity index (χ0) is 14.2. The molecule has 0 spiro atoms. The molecule has 0 bridgehead atoms. The van der Waals surface area contributed by atoms with Crippen molar-refractivity contribution in [3.05, 3.63) is 46.6 Å². The average Bonchev–Trinajstić information content (AvgIpc) is 2.60. The van der Waals surface area contributed by atoms with Gasteiger partial charge in [0.15, 0.2) is 0 Å². The normalized spacial score (nSPS) is 10.7. The minimum atomic E-state index is 0.466. The quantitative estimate of drug-likeness (QED) is 0.887. The van der Waals surface area contributed by atoms with E-state index < -0.39 is 0 Å². The number of benzene rings is 1. The van der Waals surface area contributed by atoms with E-state index in [2.05, 4.69) is 32.0 Å². The van der Waals surface area contributed by atoms with Gasteiger partial charge in [-0.25, -0.2) is 0 Å². The lowest BCUT2D eigenvalue weighted by atomic mass is 10.0. The fourth-order valence-electron chi connectivity index (χ4n) is 2.33. The molecule has 0 aliphatic carbocycles. The second kappa shape index (κ2) is 4.81. The molecule has 0 saturated heterocycles. The summed E-state index contributed by atoms with van der Waals surface area (Å²) in [5, 5.41) is 9.18. The van der Waals surface area contributed by atoms with Gasteiger partial charge in [-0.05, 0) is 43.0 Å². The van der Waals surface area contributed by atoms with Crippen molar-refractivity contribution in [1.29, 1.82) is 5.26 Å². The van der Waals surface area contributed by atoms with Gasteiger partial charge in [0.25, 0.3) is 0 Å². The molecule has 0 fully saturated rings. The molecule has 1 heterocycles. The Kier molecular flexibility index (Phi) is 3.35. The third-order valence-corrected chi connectivity index (χ3v) is 3.66. The lowest BCUT2D eigenvalue weighted by Crippen LogP contribution is -2.03. The summed E-state index contributed by atoms with van der Waals surface area (Å²) in [6.07, 6.45) is 0. The molecule has 19 heavy (non-hydrogen) atoms. The maximum absolute atomic E-state index is 9.18. The standard InChI is InChI=1S/C16H19N3/c1-10(2)13-6-5-7-14(8-13)19-12(4)11(3)15(9-17)16(19)18/h5-8,10H,18H2,1-4H3. The fourth-order valence-corrected chi connectivity index (χ4v) is 2.33.